The number of benzene rings is 3. The molecule has 0 radical (unpaired) electrons. The normalized spacial score (nSPS) is 19.0. The topological polar surface area (TPSA) is 92.2 Å². The molecule has 0 bridgehead atoms. The Bertz CT molecular complexity index is 1310. The number of anilines is 4. The number of nitrogens with zero attached hydrogens (tertiary/aromatic N) is 3. The maximum atomic E-state index is 11.7. The van der Waals surface area contributed by atoms with Gasteiger partial charge in [0.25, 0.3) is 0 Å². The number of carbonyl (C=O) groups excluding carboxylic acids is 1. The molecule has 8 heteroatoms. The number of carbonyl (C=O) groups is 1. The molecule has 0 spiro atoms. The number of likely N-dealkylation sites (N-methyl/N-ethyl adjacent to an activating group) is 1. The standard InChI is InChI=1S/C29H32N6O2/c1-3-27(37)31-23-8-4-6-20(16-23)26-9-5-7-21-17-30-29(33-28(21)26)32-22-10-12-24(13-11-22)35-15-14-34(2)25(18-35)19-36/h3-13,16-17,25,29,32-33,36H,1,14-15,18-19H2,2H3,(H,31,37). The zero-order chi connectivity index (χ0) is 25.8. The van der Waals surface area contributed by atoms with Crippen molar-refractivity contribution in [2.45, 2.75) is 12.3 Å². The van der Waals surface area contributed by atoms with Gasteiger partial charge in [-0.15, -0.1) is 0 Å². The van der Waals surface area contributed by atoms with Crippen molar-refractivity contribution in [1.29, 1.82) is 0 Å². The van der Waals surface area contributed by atoms with Gasteiger partial charge in [-0.2, -0.15) is 0 Å². The molecular formula is C29H32N6O2. The molecule has 1 amide bonds. The van der Waals surface area contributed by atoms with Crippen molar-refractivity contribution in [2.24, 2.45) is 4.99 Å². The maximum absolute atomic E-state index is 11.7. The zero-order valence-electron chi connectivity index (χ0n) is 20.9. The molecule has 190 valence electrons. The fourth-order valence-electron chi connectivity index (χ4n) is 4.74. The molecule has 0 saturated carbocycles. The molecule has 4 N–H and O–H groups in total. The van der Waals surface area contributed by atoms with Gasteiger partial charge in [0, 0.05) is 54.0 Å². The van der Waals surface area contributed by atoms with Crippen LogP contribution in [0.25, 0.3) is 11.1 Å². The van der Waals surface area contributed by atoms with Crippen molar-refractivity contribution in [3.8, 4) is 11.1 Å². The molecule has 8 nitrogen and oxygen atoms in total. The Kier molecular flexibility index (Phi) is 7.20. The summed E-state index contributed by atoms with van der Waals surface area (Å²) in [6, 6.07) is 22.3. The molecule has 2 unspecified atom stereocenters. The van der Waals surface area contributed by atoms with Gasteiger partial charge in [0.1, 0.15) is 0 Å². The Morgan fingerprint density at radius 1 is 1.14 bits per heavy atom. The first-order valence-electron chi connectivity index (χ1n) is 12.4. The van der Waals surface area contributed by atoms with Crippen LogP contribution in [0.5, 0.6) is 0 Å². The van der Waals surface area contributed by atoms with E-state index in [2.05, 4.69) is 74.7 Å². The minimum Gasteiger partial charge on any atom is -0.395 e. The van der Waals surface area contributed by atoms with Crippen molar-refractivity contribution in [1.82, 2.24) is 4.90 Å². The number of amides is 1. The molecule has 1 saturated heterocycles. The van der Waals surface area contributed by atoms with Gasteiger partial charge in [0.15, 0.2) is 6.29 Å². The number of fused-ring (bicyclic) bond motifs is 1. The number of aliphatic hydroxyl groups excluding tert-OH is 1. The molecule has 1 fully saturated rings. The summed E-state index contributed by atoms with van der Waals surface area (Å²) in [6.07, 6.45) is 2.81. The highest BCUT2D eigenvalue weighted by Gasteiger charge is 2.24. The van der Waals surface area contributed by atoms with E-state index in [9.17, 15) is 9.90 Å². The summed E-state index contributed by atoms with van der Waals surface area (Å²) >= 11 is 0. The second kappa shape index (κ2) is 10.9. The summed E-state index contributed by atoms with van der Waals surface area (Å²) in [5.74, 6) is -0.242. The molecule has 37 heavy (non-hydrogen) atoms. The summed E-state index contributed by atoms with van der Waals surface area (Å²) < 4.78 is 0. The number of aliphatic imine (C=N–C) groups is 1. The fourth-order valence-corrected chi connectivity index (χ4v) is 4.74. The first kappa shape index (κ1) is 24.5. The minimum atomic E-state index is -0.328. The summed E-state index contributed by atoms with van der Waals surface area (Å²) in [7, 11) is 2.06. The molecule has 2 aliphatic rings. The van der Waals surface area contributed by atoms with Gasteiger partial charge in [-0.3, -0.25) is 9.69 Å². The van der Waals surface area contributed by atoms with Crippen LogP contribution >= 0.6 is 0 Å². The van der Waals surface area contributed by atoms with E-state index in [1.165, 1.54) is 6.08 Å². The van der Waals surface area contributed by atoms with Crippen LogP contribution in [-0.2, 0) is 4.79 Å². The summed E-state index contributed by atoms with van der Waals surface area (Å²) in [4.78, 5) is 20.9. The van der Waals surface area contributed by atoms with Crippen molar-refractivity contribution < 1.29 is 9.90 Å². The summed E-state index contributed by atoms with van der Waals surface area (Å²) in [5, 5.41) is 19.5. The molecule has 3 aromatic rings. The number of aliphatic hydroxyl groups is 1. The third-order valence-corrected chi connectivity index (χ3v) is 6.89. The number of hydrogen-bond donors (Lipinski definition) is 4. The van der Waals surface area contributed by atoms with Gasteiger partial charge in [-0.25, -0.2) is 4.99 Å². The van der Waals surface area contributed by atoms with E-state index in [0.717, 1.165) is 53.4 Å². The monoisotopic (exact) mass is 496 g/mol. The van der Waals surface area contributed by atoms with Gasteiger partial charge in [0.2, 0.25) is 5.91 Å². The van der Waals surface area contributed by atoms with Gasteiger partial charge in [-0.1, -0.05) is 36.9 Å². The molecular weight excluding hydrogens is 464 g/mol. The van der Waals surface area contributed by atoms with Crippen molar-refractivity contribution in [3.05, 3.63) is 84.9 Å². The quantitative estimate of drug-likeness (QED) is 0.372. The number of rotatable bonds is 7. The van der Waals surface area contributed by atoms with Crippen LogP contribution in [0.3, 0.4) is 0 Å². The Labute approximate surface area is 217 Å². The van der Waals surface area contributed by atoms with Crippen LogP contribution in [0, 0.1) is 0 Å². The van der Waals surface area contributed by atoms with Gasteiger partial charge in [0.05, 0.1) is 18.3 Å². The lowest BCUT2D eigenvalue weighted by Gasteiger charge is -2.39. The van der Waals surface area contributed by atoms with Gasteiger partial charge >= 0.3 is 0 Å². The third kappa shape index (κ3) is 5.50. The maximum Gasteiger partial charge on any atom is 0.247 e. The third-order valence-electron chi connectivity index (χ3n) is 6.89. The van der Waals surface area contributed by atoms with E-state index < -0.39 is 0 Å². The summed E-state index contributed by atoms with van der Waals surface area (Å²) in [5.41, 5.74) is 6.80. The number of piperazine rings is 1. The van der Waals surface area contributed by atoms with E-state index in [4.69, 9.17) is 0 Å². The second-order valence-electron chi connectivity index (χ2n) is 9.32. The first-order valence-corrected chi connectivity index (χ1v) is 12.4. The average Bonchev–Trinajstić information content (AvgIpc) is 2.93. The lowest BCUT2D eigenvalue weighted by molar-refractivity contribution is -0.111. The van der Waals surface area contributed by atoms with Crippen LogP contribution < -0.4 is 20.9 Å². The number of para-hydroxylation sites is 1. The Morgan fingerprint density at radius 3 is 2.73 bits per heavy atom. The minimum absolute atomic E-state index is 0.153. The van der Waals surface area contributed by atoms with Crippen molar-refractivity contribution in [3.63, 3.8) is 0 Å². The molecule has 2 aliphatic heterocycles. The van der Waals surface area contributed by atoms with Crippen LogP contribution in [-0.4, -0.2) is 67.7 Å². The second-order valence-corrected chi connectivity index (χ2v) is 9.32. The highest BCUT2D eigenvalue weighted by Crippen LogP contribution is 2.34. The van der Waals surface area contributed by atoms with Gasteiger partial charge < -0.3 is 26.0 Å². The zero-order valence-corrected chi connectivity index (χ0v) is 20.9. The fraction of sp³-hybridized carbons (Fsp3) is 0.241. The van der Waals surface area contributed by atoms with Crippen LogP contribution in [0.15, 0.2) is 84.4 Å². The Morgan fingerprint density at radius 2 is 1.95 bits per heavy atom. The van der Waals surface area contributed by atoms with Crippen molar-refractivity contribution >= 4 is 34.9 Å². The molecule has 2 atom stereocenters. The molecule has 0 aromatic heterocycles. The van der Waals surface area contributed by atoms with Crippen LogP contribution in [0.4, 0.5) is 22.7 Å². The number of hydrogen-bond acceptors (Lipinski definition) is 7. The van der Waals surface area contributed by atoms with E-state index >= 15 is 0 Å². The van der Waals surface area contributed by atoms with Crippen LogP contribution in [0.1, 0.15) is 5.56 Å². The highest BCUT2D eigenvalue weighted by atomic mass is 16.3. The summed E-state index contributed by atoms with van der Waals surface area (Å²) in [6.45, 7) is 6.36. The van der Waals surface area contributed by atoms with Gasteiger partial charge in [-0.05, 0) is 55.1 Å². The number of nitrogens with one attached hydrogen (secondary N) is 3. The van der Waals surface area contributed by atoms with Crippen LogP contribution in [0.2, 0.25) is 0 Å². The Hall–Kier alpha value is -4.14. The average molecular weight is 497 g/mol. The lowest BCUT2D eigenvalue weighted by atomic mass is 9.99. The Balaban J connectivity index is 1.30. The smallest absolute Gasteiger partial charge is 0.247 e. The predicted octanol–water partition coefficient (Wildman–Crippen LogP) is 3.83. The lowest BCUT2D eigenvalue weighted by Crippen LogP contribution is -2.53. The van der Waals surface area contributed by atoms with E-state index in [0.29, 0.717) is 5.69 Å². The highest BCUT2D eigenvalue weighted by molar-refractivity contribution is 6.00. The van der Waals surface area contributed by atoms with Crippen molar-refractivity contribution in [2.75, 3.05) is 54.1 Å². The van der Waals surface area contributed by atoms with E-state index in [1.807, 2.05) is 42.6 Å². The molecule has 5 rings (SSSR count). The molecule has 0 aliphatic carbocycles. The van der Waals surface area contributed by atoms with E-state index in [1.54, 1.807) is 0 Å². The SMILES string of the molecule is C=CC(=O)Nc1cccc(-c2cccc3c2NC(Nc2ccc(N4CCN(C)C(CO)C4)cc2)N=C3)c1. The largest absolute Gasteiger partial charge is 0.395 e. The molecule has 2 heterocycles. The first-order chi connectivity index (χ1) is 18.0. The van der Waals surface area contributed by atoms with E-state index in [-0.39, 0.29) is 24.8 Å². The predicted molar refractivity (Wildman–Crippen MR) is 151 cm³/mol. The molecule has 3 aromatic carbocycles.